The lowest BCUT2D eigenvalue weighted by Gasteiger charge is -2.15. The molecule has 1 heterocycles. The molecule has 18 heavy (non-hydrogen) atoms. The van der Waals surface area contributed by atoms with Crippen molar-refractivity contribution >= 4 is 23.1 Å². The van der Waals surface area contributed by atoms with Gasteiger partial charge in [0.25, 0.3) is 0 Å². The number of hydrogen-bond donors (Lipinski definition) is 0. The Kier molecular flexibility index (Phi) is 6.21. The zero-order valence-electron chi connectivity index (χ0n) is 11.1. The van der Waals surface area contributed by atoms with Crippen LogP contribution in [0.4, 0.5) is 0 Å². The maximum absolute atomic E-state index is 5.75. The zero-order chi connectivity index (χ0) is 12.3. The molecule has 0 spiro atoms. The Labute approximate surface area is 124 Å². The van der Waals surface area contributed by atoms with Gasteiger partial charge in [-0.05, 0) is 24.1 Å². The van der Waals surface area contributed by atoms with E-state index in [0.717, 1.165) is 29.9 Å². The summed E-state index contributed by atoms with van der Waals surface area (Å²) in [5, 5.41) is 0. The number of hydrogen-bond acceptors (Lipinski definition) is 4. The second-order valence-electron chi connectivity index (χ2n) is 3.98. The second kappa shape index (κ2) is 7.18. The summed E-state index contributed by atoms with van der Waals surface area (Å²) in [5.74, 6) is 1.46. The monoisotopic (exact) mass is 262 g/mol. The van der Waals surface area contributed by atoms with E-state index in [2.05, 4.69) is 0 Å². The molecule has 0 aromatic heterocycles. The lowest BCUT2D eigenvalue weighted by Crippen LogP contribution is -2.08. The first kappa shape index (κ1) is 15.6. The molecule has 2 atom stereocenters. The van der Waals surface area contributed by atoms with Gasteiger partial charge in [-0.1, -0.05) is 6.07 Å². The zero-order valence-corrected chi connectivity index (χ0v) is 12.6. The van der Waals surface area contributed by atoms with Crippen molar-refractivity contribution in [1.82, 2.24) is 0 Å². The summed E-state index contributed by atoms with van der Waals surface area (Å²) in [6, 6.07) is 5.86. The van der Waals surface area contributed by atoms with E-state index < -0.39 is 0 Å². The molecule has 1 aromatic carbocycles. The predicted molar refractivity (Wildman–Crippen MR) is 69.2 cm³/mol. The molecule has 0 bridgehead atoms. The molecule has 1 saturated heterocycles. The molecule has 2 radical (unpaired) electrons. The van der Waals surface area contributed by atoms with Gasteiger partial charge in [0, 0.05) is 36.6 Å². The van der Waals surface area contributed by atoms with Crippen LogP contribution >= 0.6 is 0 Å². The average Bonchev–Trinajstić information content (AvgIpc) is 2.86. The normalized spacial score (nSPS) is 22.4. The van der Waals surface area contributed by atoms with Gasteiger partial charge in [-0.3, -0.25) is 0 Å². The van der Waals surface area contributed by atoms with E-state index in [0.29, 0.717) is 0 Å². The molecule has 2 rings (SSSR count). The van der Waals surface area contributed by atoms with E-state index in [1.165, 1.54) is 0 Å². The van der Waals surface area contributed by atoms with Crippen molar-refractivity contribution in [3.8, 4) is 11.5 Å². The van der Waals surface area contributed by atoms with E-state index in [1.807, 2.05) is 18.2 Å². The van der Waals surface area contributed by atoms with Gasteiger partial charge in [0.15, 0.2) is 17.8 Å². The van der Waals surface area contributed by atoms with Gasteiger partial charge in [-0.2, -0.15) is 0 Å². The Hall–Kier alpha value is -0.494. The summed E-state index contributed by atoms with van der Waals surface area (Å²) in [6.45, 7) is 0. The lowest BCUT2D eigenvalue weighted by molar-refractivity contribution is -0.115. The molecular formula is C13H18MgO4. The third-order valence-corrected chi connectivity index (χ3v) is 3.02. The molecule has 5 heteroatoms. The van der Waals surface area contributed by atoms with E-state index in [4.69, 9.17) is 18.9 Å². The van der Waals surface area contributed by atoms with Crippen LogP contribution < -0.4 is 9.47 Å². The molecule has 4 nitrogen and oxygen atoms in total. The predicted octanol–water partition coefficient (Wildman–Crippen LogP) is 2.15. The largest absolute Gasteiger partial charge is 0.493 e. The standard InChI is InChI=1S/C13H18O4.Mg/c1-14-11-5-4-9(8-12(11)15-2)10-6-7-13(16-3)17-10;/h4-5,8,10,13H,6-7H2,1-3H3;. The Bertz CT molecular complexity index is 383. The minimum Gasteiger partial charge on any atom is -0.493 e. The highest BCUT2D eigenvalue weighted by atomic mass is 24.3. The maximum atomic E-state index is 5.75. The molecule has 0 saturated carbocycles. The fraction of sp³-hybridized carbons (Fsp3) is 0.538. The number of ether oxygens (including phenoxy) is 4. The number of methoxy groups -OCH3 is 3. The van der Waals surface area contributed by atoms with Gasteiger partial charge >= 0.3 is 0 Å². The van der Waals surface area contributed by atoms with Crippen molar-refractivity contribution in [3.63, 3.8) is 0 Å². The van der Waals surface area contributed by atoms with Crippen LogP contribution in [-0.4, -0.2) is 50.7 Å². The summed E-state index contributed by atoms with van der Waals surface area (Å²) in [7, 11) is 4.93. The molecule has 0 aliphatic carbocycles. The SMILES string of the molecule is COc1ccc(C2CCC(OC)O2)cc1OC.[Mg]. The van der Waals surface area contributed by atoms with Crippen molar-refractivity contribution in [1.29, 1.82) is 0 Å². The second-order valence-corrected chi connectivity index (χ2v) is 3.98. The van der Waals surface area contributed by atoms with Gasteiger partial charge in [0.2, 0.25) is 0 Å². The third-order valence-electron chi connectivity index (χ3n) is 3.02. The van der Waals surface area contributed by atoms with Crippen molar-refractivity contribution in [2.24, 2.45) is 0 Å². The molecular weight excluding hydrogens is 244 g/mol. The van der Waals surface area contributed by atoms with Crippen LogP contribution in [0.15, 0.2) is 18.2 Å². The fourth-order valence-corrected chi connectivity index (χ4v) is 2.08. The van der Waals surface area contributed by atoms with Crippen LogP contribution in [0.2, 0.25) is 0 Å². The van der Waals surface area contributed by atoms with Crippen molar-refractivity contribution < 1.29 is 18.9 Å². The van der Waals surface area contributed by atoms with Crippen molar-refractivity contribution in [3.05, 3.63) is 23.8 Å². The highest BCUT2D eigenvalue weighted by molar-refractivity contribution is 5.75. The Morgan fingerprint density at radius 1 is 1.06 bits per heavy atom. The molecule has 0 N–H and O–H groups in total. The van der Waals surface area contributed by atoms with Crippen LogP contribution in [0.25, 0.3) is 0 Å². The summed E-state index contributed by atoms with van der Waals surface area (Å²) in [6.07, 6.45) is 1.89. The van der Waals surface area contributed by atoms with E-state index in [1.54, 1.807) is 21.3 Å². The van der Waals surface area contributed by atoms with Crippen LogP contribution in [0.3, 0.4) is 0 Å². The lowest BCUT2D eigenvalue weighted by atomic mass is 10.1. The smallest absolute Gasteiger partial charge is 0.161 e. The van der Waals surface area contributed by atoms with Gasteiger partial charge in [0.05, 0.1) is 20.3 Å². The summed E-state index contributed by atoms with van der Waals surface area (Å²) < 4.78 is 21.4. The molecule has 96 valence electrons. The molecule has 2 unspecified atom stereocenters. The molecule has 1 fully saturated rings. The van der Waals surface area contributed by atoms with Crippen LogP contribution in [0, 0.1) is 0 Å². The minimum absolute atomic E-state index is 0. The van der Waals surface area contributed by atoms with E-state index in [9.17, 15) is 0 Å². The Morgan fingerprint density at radius 3 is 2.33 bits per heavy atom. The van der Waals surface area contributed by atoms with Crippen LogP contribution in [0.5, 0.6) is 11.5 Å². The van der Waals surface area contributed by atoms with E-state index in [-0.39, 0.29) is 35.4 Å². The van der Waals surface area contributed by atoms with Gasteiger partial charge in [0.1, 0.15) is 0 Å². The van der Waals surface area contributed by atoms with Crippen LogP contribution in [0.1, 0.15) is 24.5 Å². The third kappa shape index (κ3) is 3.29. The highest BCUT2D eigenvalue weighted by Gasteiger charge is 2.26. The number of rotatable bonds is 4. The van der Waals surface area contributed by atoms with Gasteiger partial charge in [-0.15, -0.1) is 0 Å². The van der Waals surface area contributed by atoms with Gasteiger partial charge in [-0.25, -0.2) is 0 Å². The maximum Gasteiger partial charge on any atom is 0.161 e. The molecule has 1 aromatic rings. The van der Waals surface area contributed by atoms with Crippen molar-refractivity contribution in [2.45, 2.75) is 25.2 Å². The first-order valence-electron chi connectivity index (χ1n) is 5.68. The molecule has 0 amide bonds. The molecule has 1 aliphatic heterocycles. The highest BCUT2D eigenvalue weighted by Crippen LogP contribution is 2.37. The first-order chi connectivity index (χ1) is 8.28. The quantitative estimate of drug-likeness (QED) is 0.779. The average molecular weight is 263 g/mol. The van der Waals surface area contributed by atoms with Crippen molar-refractivity contribution in [2.75, 3.05) is 21.3 Å². The topological polar surface area (TPSA) is 36.9 Å². The summed E-state index contributed by atoms with van der Waals surface area (Å²) in [4.78, 5) is 0. The summed E-state index contributed by atoms with van der Waals surface area (Å²) in [5.41, 5.74) is 1.10. The first-order valence-corrected chi connectivity index (χ1v) is 5.68. The van der Waals surface area contributed by atoms with Crippen LogP contribution in [-0.2, 0) is 9.47 Å². The Balaban J connectivity index is 0.00000162. The van der Waals surface area contributed by atoms with E-state index >= 15 is 0 Å². The fourth-order valence-electron chi connectivity index (χ4n) is 2.08. The number of benzene rings is 1. The Morgan fingerprint density at radius 2 is 1.78 bits per heavy atom. The van der Waals surface area contributed by atoms with Gasteiger partial charge < -0.3 is 18.9 Å². The molecule has 1 aliphatic rings. The minimum atomic E-state index is -0.0897. The summed E-state index contributed by atoms with van der Waals surface area (Å²) >= 11 is 0.